The van der Waals surface area contributed by atoms with Gasteiger partial charge in [-0.3, -0.25) is 4.79 Å². The number of amides is 1. The maximum Gasteiger partial charge on any atom is 0.275 e. The molecule has 2 N–H and O–H groups in total. The van der Waals surface area contributed by atoms with E-state index in [2.05, 4.69) is 47.1 Å². The lowest BCUT2D eigenvalue weighted by molar-refractivity contribution is 0.0952. The van der Waals surface area contributed by atoms with Crippen molar-refractivity contribution in [1.29, 1.82) is 0 Å². The van der Waals surface area contributed by atoms with Crippen molar-refractivity contribution in [3.8, 4) is 11.4 Å². The zero-order valence-corrected chi connectivity index (χ0v) is 15.9. The standard InChI is InChI=1S/C22H23N3O2/c1-14-9-15(2)11-19(10-14)25-16(3)12-18(17(25)4)13-23-24-22(27)20-7-5-6-8-21(20)26/h5-13,26H,1-4H3,(H,24,27)/b23-13+. The molecule has 0 aliphatic carbocycles. The number of aromatic hydroxyl groups is 1. The SMILES string of the molecule is Cc1cc(C)cc(-n2c(C)cc(/C=N/NC(=O)c3ccccc3O)c2C)c1. The Labute approximate surface area is 159 Å². The third-order valence-electron chi connectivity index (χ3n) is 4.45. The Bertz CT molecular complexity index is 1010. The lowest BCUT2D eigenvalue weighted by Crippen LogP contribution is -2.17. The molecule has 0 spiro atoms. The van der Waals surface area contributed by atoms with Crippen molar-refractivity contribution in [2.24, 2.45) is 5.10 Å². The molecular formula is C22H23N3O2. The van der Waals surface area contributed by atoms with Gasteiger partial charge in [-0.15, -0.1) is 0 Å². The van der Waals surface area contributed by atoms with Gasteiger partial charge >= 0.3 is 0 Å². The number of hydrogen-bond donors (Lipinski definition) is 2. The van der Waals surface area contributed by atoms with Crippen LogP contribution in [0.1, 0.15) is 38.4 Å². The average molecular weight is 361 g/mol. The van der Waals surface area contributed by atoms with Crippen LogP contribution in [0.15, 0.2) is 53.6 Å². The lowest BCUT2D eigenvalue weighted by atomic mass is 10.1. The first-order valence-corrected chi connectivity index (χ1v) is 8.76. The Hall–Kier alpha value is -3.34. The van der Waals surface area contributed by atoms with E-state index in [4.69, 9.17) is 0 Å². The fourth-order valence-corrected chi connectivity index (χ4v) is 3.28. The summed E-state index contributed by atoms with van der Waals surface area (Å²) in [4.78, 5) is 12.1. The van der Waals surface area contributed by atoms with Crippen LogP contribution in [0.25, 0.3) is 5.69 Å². The van der Waals surface area contributed by atoms with E-state index >= 15 is 0 Å². The van der Waals surface area contributed by atoms with Gasteiger partial charge < -0.3 is 9.67 Å². The monoisotopic (exact) mass is 361 g/mol. The number of nitrogens with one attached hydrogen (secondary N) is 1. The number of carbonyl (C=O) groups excluding carboxylic acids is 1. The van der Waals surface area contributed by atoms with Crippen LogP contribution in [-0.2, 0) is 0 Å². The molecule has 2 aromatic carbocycles. The van der Waals surface area contributed by atoms with Crippen molar-refractivity contribution in [3.63, 3.8) is 0 Å². The van der Waals surface area contributed by atoms with Crippen molar-refractivity contribution in [1.82, 2.24) is 9.99 Å². The minimum atomic E-state index is -0.451. The fraction of sp³-hybridized carbons (Fsp3) is 0.182. The first-order chi connectivity index (χ1) is 12.9. The van der Waals surface area contributed by atoms with Crippen molar-refractivity contribution in [2.75, 3.05) is 0 Å². The van der Waals surface area contributed by atoms with Gasteiger partial charge in [-0.2, -0.15) is 5.10 Å². The van der Waals surface area contributed by atoms with Crippen LogP contribution in [0.4, 0.5) is 0 Å². The molecule has 138 valence electrons. The molecule has 1 aromatic heterocycles. The van der Waals surface area contributed by atoms with E-state index in [1.165, 1.54) is 17.2 Å². The molecule has 0 aliphatic heterocycles. The molecule has 3 aromatic rings. The molecule has 0 atom stereocenters. The molecule has 5 heteroatoms. The first-order valence-electron chi connectivity index (χ1n) is 8.76. The van der Waals surface area contributed by atoms with E-state index in [0.29, 0.717) is 0 Å². The van der Waals surface area contributed by atoms with Crippen LogP contribution >= 0.6 is 0 Å². The normalized spacial score (nSPS) is 11.1. The van der Waals surface area contributed by atoms with Gasteiger partial charge in [0.2, 0.25) is 0 Å². The Morgan fingerprint density at radius 1 is 1.04 bits per heavy atom. The molecule has 27 heavy (non-hydrogen) atoms. The largest absolute Gasteiger partial charge is 0.507 e. The van der Waals surface area contributed by atoms with Crippen LogP contribution in [0.5, 0.6) is 5.75 Å². The molecule has 3 rings (SSSR count). The van der Waals surface area contributed by atoms with E-state index in [-0.39, 0.29) is 11.3 Å². The van der Waals surface area contributed by atoms with Crippen LogP contribution in [-0.4, -0.2) is 21.8 Å². The summed E-state index contributed by atoms with van der Waals surface area (Å²) in [5.74, 6) is -0.523. The number of para-hydroxylation sites is 1. The molecule has 0 bridgehead atoms. The summed E-state index contributed by atoms with van der Waals surface area (Å²) >= 11 is 0. The van der Waals surface area contributed by atoms with Crippen LogP contribution in [0, 0.1) is 27.7 Å². The molecule has 1 heterocycles. The molecular weight excluding hydrogens is 338 g/mol. The number of hydrazone groups is 1. The number of phenols is 1. The summed E-state index contributed by atoms with van der Waals surface area (Å²) in [5, 5.41) is 13.8. The topological polar surface area (TPSA) is 66.6 Å². The molecule has 0 unspecified atom stereocenters. The second-order valence-electron chi connectivity index (χ2n) is 6.72. The first kappa shape index (κ1) is 18.5. The molecule has 0 fully saturated rings. The van der Waals surface area contributed by atoms with Gasteiger partial charge in [0.15, 0.2) is 0 Å². The number of nitrogens with zero attached hydrogens (tertiary/aromatic N) is 2. The maximum atomic E-state index is 12.1. The molecule has 0 radical (unpaired) electrons. The maximum absolute atomic E-state index is 12.1. The molecule has 0 saturated carbocycles. The van der Waals surface area contributed by atoms with E-state index in [1.54, 1.807) is 24.4 Å². The molecule has 5 nitrogen and oxygen atoms in total. The zero-order valence-electron chi connectivity index (χ0n) is 15.9. The third-order valence-corrected chi connectivity index (χ3v) is 4.45. The van der Waals surface area contributed by atoms with Gasteiger partial charge in [0.25, 0.3) is 5.91 Å². The third kappa shape index (κ3) is 3.92. The van der Waals surface area contributed by atoms with E-state index < -0.39 is 5.91 Å². The lowest BCUT2D eigenvalue weighted by Gasteiger charge is -2.11. The summed E-state index contributed by atoms with van der Waals surface area (Å²) in [6, 6.07) is 14.8. The Morgan fingerprint density at radius 3 is 2.37 bits per heavy atom. The Kier molecular flexibility index (Phi) is 5.12. The second-order valence-corrected chi connectivity index (χ2v) is 6.72. The van der Waals surface area contributed by atoms with Gasteiger partial charge in [-0.05, 0) is 69.2 Å². The number of aryl methyl sites for hydroxylation is 3. The number of benzene rings is 2. The van der Waals surface area contributed by atoms with E-state index in [0.717, 1.165) is 22.6 Å². The van der Waals surface area contributed by atoms with Crippen molar-refractivity contribution < 1.29 is 9.90 Å². The van der Waals surface area contributed by atoms with E-state index in [9.17, 15) is 9.90 Å². The van der Waals surface area contributed by atoms with Gasteiger partial charge in [-0.1, -0.05) is 18.2 Å². The van der Waals surface area contributed by atoms with E-state index in [1.807, 2.05) is 19.9 Å². The highest BCUT2D eigenvalue weighted by atomic mass is 16.3. The predicted molar refractivity (Wildman–Crippen MR) is 108 cm³/mol. The Balaban J connectivity index is 1.83. The summed E-state index contributed by atoms with van der Waals surface area (Å²) in [6.07, 6.45) is 1.62. The highest BCUT2D eigenvalue weighted by Gasteiger charge is 2.11. The minimum absolute atomic E-state index is 0.0711. The summed E-state index contributed by atoms with van der Waals surface area (Å²) in [7, 11) is 0. The van der Waals surface area contributed by atoms with Crippen molar-refractivity contribution >= 4 is 12.1 Å². The Morgan fingerprint density at radius 2 is 1.70 bits per heavy atom. The average Bonchev–Trinajstić information content (AvgIpc) is 2.88. The predicted octanol–water partition coefficient (Wildman–Crippen LogP) is 4.18. The number of aromatic nitrogens is 1. The molecule has 0 aliphatic rings. The van der Waals surface area contributed by atoms with Crippen LogP contribution in [0.3, 0.4) is 0 Å². The quantitative estimate of drug-likeness (QED) is 0.541. The highest BCUT2D eigenvalue weighted by Crippen LogP contribution is 2.22. The van der Waals surface area contributed by atoms with Crippen molar-refractivity contribution in [3.05, 3.63) is 82.2 Å². The highest BCUT2D eigenvalue weighted by molar-refractivity contribution is 5.97. The van der Waals surface area contributed by atoms with Gasteiger partial charge in [0.1, 0.15) is 5.75 Å². The van der Waals surface area contributed by atoms with Crippen LogP contribution < -0.4 is 5.43 Å². The zero-order chi connectivity index (χ0) is 19.6. The number of hydrogen-bond acceptors (Lipinski definition) is 3. The van der Waals surface area contributed by atoms with Gasteiger partial charge in [0, 0.05) is 22.6 Å². The minimum Gasteiger partial charge on any atom is -0.507 e. The number of rotatable bonds is 4. The number of phenolic OH excluding ortho intramolecular Hbond substituents is 1. The second kappa shape index (κ2) is 7.50. The van der Waals surface area contributed by atoms with Gasteiger partial charge in [-0.25, -0.2) is 5.43 Å². The summed E-state index contributed by atoms with van der Waals surface area (Å²) < 4.78 is 2.17. The summed E-state index contributed by atoms with van der Waals surface area (Å²) in [6.45, 7) is 8.24. The fourth-order valence-electron chi connectivity index (χ4n) is 3.28. The van der Waals surface area contributed by atoms with Crippen LogP contribution in [0.2, 0.25) is 0 Å². The van der Waals surface area contributed by atoms with Gasteiger partial charge in [0.05, 0.1) is 11.8 Å². The van der Waals surface area contributed by atoms with Crippen molar-refractivity contribution in [2.45, 2.75) is 27.7 Å². The molecule has 1 amide bonds. The smallest absolute Gasteiger partial charge is 0.275 e. The number of carbonyl (C=O) groups is 1. The summed E-state index contributed by atoms with van der Waals surface area (Å²) in [5.41, 5.74) is 9.24. The molecule has 0 saturated heterocycles.